The number of aryl methyl sites for hydroxylation is 3. The van der Waals surface area contributed by atoms with E-state index < -0.39 is 0 Å². The first-order valence-corrected chi connectivity index (χ1v) is 8.94. The fourth-order valence-electron chi connectivity index (χ4n) is 3.38. The third-order valence-electron chi connectivity index (χ3n) is 4.72. The number of nitrogens with one attached hydrogen (secondary N) is 1. The zero-order valence-corrected chi connectivity index (χ0v) is 16.1. The van der Waals surface area contributed by atoms with E-state index in [-0.39, 0.29) is 11.9 Å². The maximum absolute atomic E-state index is 13.0. The molecule has 0 fully saturated rings. The molecule has 1 rings (SSSR count). The number of unbranched alkanes of at least 4 members (excludes halogenated alkanes) is 1. The van der Waals surface area contributed by atoms with Gasteiger partial charge in [-0.1, -0.05) is 38.0 Å². The standard InChI is InChI=1S/C20H34N2O/c1-8-10-12-22(6,7)18(11-9-2)20(23)21-19-16(4)13-15(3)14-17(19)5/h13-14,18H,8-12H2,1-7H3/p+1. The molecule has 23 heavy (non-hydrogen) atoms. The van der Waals surface area contributed by atoms with Gasteiger partial charge in [-0.25, -0.2) is 0 Å². The zero-order chi connectivity index (χ0) is 17.6. The topological polar surface area (TPSA) is 29.1 Å². The van der Waals surface area contributed by atoms with Crippen LogP contribution >= 0.6 is 0 Å². The maximum atomic E-state index is 13.0. The quantitative estimate of drug-likeness (QED) is 0.697. The number of likely N-dealkylation sites (N-methyl/N-ethyl adjacent to an activating group) is 1. The third-order valence-corrected chi connectivity index (χ3v) is 4.72. The lowest BCUT2D eigenvalue weighted by Crippen LogP contribution is -2.55. The molecule has 3 heteroatoms. The number of benzene rings is 1. The number of hydrogen-bond donors (Lipinski definition) is 1. The number of amides is 1. The van der Waals surface area contributed by atoms with Crippen molar-refractivity contribution in [3.63, 3.8) is 0 Å². The second kappa shape index (κ2) is 8.49. The molecule has 3 nitrogen and oxygen atoms in total. The number of anilines is 1. The van der Waals surface area contributed by atoms with Crippen LogP contribution in [0.25, 0.3) is 0 Å². The lowest BCUT2D eigenvalue weighted by atomic mass is 10.0. The summed E-state index contributed by atoms with van der Waals surface area (Å²) in [6.45, 7) is 11.6. The molecule has 1 amide bonds. The van der Waals surface area contributed by atoms with Crippen molar-refractivity contribution in [2.45, 2.75) is 66.3 Å². The number of rotatable bonds is 8. The number of quaternary nitrogens is 1. The van der Waals surface area contributed by atoms with Gasteiger partial charge in [0.05, 0.1) is 20.6 Å². The van der Waals surface area contributed by atoms with Crippen molar-refractivity contribution in [3.8, 4) is 0 Å². The van der Waals surface area contributed by atoms with E-state index in [9.17, 15) is 4.79 Å². The summed E-state index contributed by atoms with van der Waals surface area (Å²) in [4.78, 5) is 13.0. The highest BCUT2D eigenvalue weighted by atomic mass is 16.2. The Hall–Kier alpha value is -1.35. The Labute approximate surface area is 142 Å². The van der Waals surface area contributed by atoms with Crippen LogP contribution in [0.2, 0.25) is 0 Å². The molecule has 0 saturated heterocycles. The minimum Gasteiger partial charge on any atom is -0.320 e. The van der Waals surface area contributed by atoms with Gasteiger partial charge in [0.15, 0.2) is 6.04 Å². The summed E-state index contributed by atoms with van der Waals surface area (Å²) in [6, 6.07) is 4.27. The smallest absolute Gasteiger partial charge is 0.282 e. The Morgan fingerprint density at radius 1 is 1.09 bits per heavy atom. The van der Waals surface area contributed by atoms with Crippen LogP contribution in [0.15, 0.2) is 12.1 Å². The summed E-state index contributed by atoms with van der Waals surface area (Å²) in [5.74, 6) is 0.156. The molecule has 0 aliphatic rings. The summed E-state index contributed by atoms with van der Waals surface area (Å²) < 4.78 is 0.761. The van der Waals surface area contributed by atoms with Gasteiger partial charge >= 0.3 is 0 Å². The van der Waals surface area contributed by atoms with Crippen molar-refractivity contribution >= 4 is 11.6 Å². The van der Waals surface area contributed by atoms with Crippen LogP contribution in [0.1, 0.15) is 56.2 Å². The zero-order valence-electron chi connectivity index (χ0n) is 16.1. The number of carbonyl (C=O) groups excluding carboxylic acids is 1. The minimum absolute atomic E-state index is 0.00616. The minimum atomic E-state index is 0.00616. The normalized spacial score (nSPS) is 13.0. The summed E-state index contributed by atoms with van der Waals surface area (Å²) in [5.41, 5.74) is 4.51. The molecule has 0 aromatic heterocycles. The summed E-state index contributed by atoms with van der Waals surface area (Å²) in [7, 11) is 4.37. The van der Waals surface area contributed by atoms with Crippen molar-refractivity contribution in [3.05, 3.63) is 28.8 Å². The van der Waals surface area contributed by atoms with Gasteiger partial charge in [0.25, 0.3) is 5.91 Å². The van der Waals surface area contributed by atoms with E-state index in [1.54, 1.807) is 0 Å². The van der Waals surface area contributed by atoms with E-state index in [0.717, 1.165) is 47.1 Å². The van der Waals surface area contributed by atoms with Crippen LogP contribution in [0.5, 0.6) is 0 Å². The lowest BCUT2D eigenvalue weighted by Gasteiger charge is -2.37. The van der Waals surface area contributed by atoms with Gasteiger partial charge in [-0.3, -0.25) is 4.79 Å². The molecule has 1 N–H and O–H groups in total. The van der Waals surface area contributed by atoms with Crippen LogP contribution in [0.4, 0.5) is 5.69 Å². The summed E-state index contributed by atoms with van der Waals surface area (Å²) >= 11 is 0. The number of hydrogen-bond acceptors (Lipinski definition) is 1. The van der Waals surface area contributed by atoms with Crippen molar-refractivity contribution < 1.29 is 9.28 Å². The van der Waals surface area contributed by atoms with E-state index >= 15 is 0 Å². The third kappa shape index (κ3) is 5.35. The molecule has 1 aromatic carbocycles. The predicted octanol–water partition coefficient (Wildman–Crippen LogP) is 4.60. The van der Waals surface area contributed by atoms with Gasteiger partial charge in [0.2, 0.25) is 0 Å². The lowest BCUT2D eigenvalue weighted by molar-refractivity contribution is -0.906. The Bertz CT molecular complexity index is 511. The van der Waals surface area contributed by atoms with E-state index in [2.05, 4.69) is 66.2 Å². The number of carbonyl (C=O) groups is 1. The average Bonchev–Trinajstić information content (AvgIpc) is 2.46. The SMILES string of the molecule is CCCC[N+](C)(C)C(CCC)C(=O)Nc1c(C)cc(C)cc1C. The molecular weight excluding hydrogens is 284 g/mol. The molecule has 0 aliphatic heterocycles. The van der Waals surface area contributed by atoms with E-state index in [1.807, 2.05) is 0 Å². The van der Waals surface area contributed by atoms with Crippen molar-refractivity contribution in [2.75, 3.05) is 26.0 Å². The average molecular weight is 320 g/mol. The van der Waals surface area contributed by atoms with Crippen LogP contribution in [-0.2, 0) is 4.79 Å². The fraction of sp³-hybridized carbons (Fsp3) is 0.650. The molecule has 0 bridgehead atoms. The Morgan fingerprint density at radius 2 is 1.65 bits per heavy atom. The Morgan fingerprint density at radius 3 is 2.13 bits per heavy atom. The predicted molar refractivity (Wildman–Crippen MR) is 99.9 cm³/mol. The molecule has 1 aromatic rings. The van der Waals surface area contributed by atoms with Gasteiger partial charge in [-0.05, 0) is 44.7 Å². The number of nitrogens with zero attached hydrogens (tertiary/aromatic N) is 1. The molecular formula is C20H35N2O+. The largest absolute Gasteiger partial charge is 0.320 e. The van der Waals surface area contributed by atoms with E-state index in [4.69, 9.17) is 0 Å². The molecule has 130 valence electrons. The van der Waals surface area contributed by atoms with Gasteiger partial charge in [-0.15, -0.1) is 0 Å². The second-order valence-electron chi connectivity index (χ2n) is 7.42. The van der Waals surface area contributed by atoms with Crippen molar-refractivity contribution in [1.29, 1.82) is 0 Å². The summed E-state index contributed by atoms with van der Waals surface area (Å²) in [5, 5.41) is 3.22. The molecule has 0 saturated carbocycles. The first kappa shape index (κ1) is 19.7. The van der Waals surface area contributed by atoms with E-state index in [0.29, 0.717) is 0 Å². The van der Waals surface area contributed by atoms with Crippen LogP contribution in [-0.4, -0.2) is 37.1 Å². The highest BCUT2D eigenvalue weighted by Crippen LogP contribution is 2.24. The van der Waals surface area contributed by atoms with Crippen LogP contribution in [0.3, 0.4) is 0 Å². The van der Waals surface area contributed by atoms with Crippen LogP contribution < -0.4 is 5.32 Å². The second-order valence-corrected chi connectivity index (χ2v) is 7.42. The van der Waals surface area contributed by atoms with Crippen molar-refractivity contribution in [1.82, 2.24) is 0 Å². The van der Waals surface area contributed by atoms with E-state index in [1.165, 1.54) is 12.0 Å². The molecule has 0 radical (unpaired) electrons. The monoisotopic (exact) mass is 319 g/mol. The van der Waals surface area contributed by atoms with Crippen LogP contribution in [0, 0.1) is 20.8 Å². The van der Waals surface area contributed by atoms with Gasteiger partial charge in [-0.2, -0.15) is 0 Å². The highest BCUT2D eigenvalue weighted by Gasteiger charge is 2.34. The Kier molecular flexibility index (Phi) is 7.27. The van der Waals surface area contributed by atoms with Gasteiger partial charge in [0, 0.05) is 12.1 Å². The van der Waals surface area contributed by atoms with Crippen molar-refractivity contribution in [2.24, 2.45) is 0 Å². The van der Waals surface area contributed by atoms with Gasteiger partial charge < -0.3 is 9.80 Å². The fourth-order valence-corrected chi connectivity index (χ4v) is 3.38. The molecule has 0 aliphatic carbocycles. The highest BCUT2D eigenvalue weighted by molar-refractivity contribution is 5.95. The molecule has 1 atom stereocenters. The maximum Gasteiger partial charge on any atom is 0.282 e. The Balaban J connectivity index is 2.99. The van der Waals surface area contributed by atoms with Gasteiger partial charge in [0.1, 0.15) is 0 Å². The molecule has 0 spiro atoms. The first-order valence-electron chi connectivity index (χ1n) is 8.94. The molecule has 1 unspecified atom stereocenters. The first-order chi connectivity index (χ1) is 10.7. The summed E-state index contributed by atoms with van der Waals surface area (Å²) in [6.07, 6.45) is 4.27. The molecule has 0 heterocycles.